The van der Waals surface area contributed by atoms with E-state index in [0.717, 1.165) is 6.26 Å². The highest BCUT2D eigenvalue weighted by Crippen LogP contribution is 2.24. The molecule has 0 aliphatic heterocycles. The van der Waals surface area contributed by atoms with Crippen molar-refractivity contribution < 1.29 is 13.2 Å². The van der Waals surface area contributed by atoms with Crippen LogP contribution in [0.4, 0.5) is 0 Å². The molecule has 0 fully saturated rings. The van der Waals surface area contributed by atoms with E-state index in [2.05, 4.69) is 0 Å². The van der Waals surface area contributed by atoms with Gasteiger partial charge >= 0.3 is 0 Å². The van der Waals surface area contributed by atoms with Gasteiger partial charge in [0.1, 0.15) is 4.75 Å². The Kier molecular flexibility index (Phi) is 5.62. The molecule has 6 heteroatoms. The number of carbonyl (C=O) groups excluding carboxylic acids is 1. The van der Waals surface area contributed by atoms with Crippen molar-refractivity contribution >= 4 is 28.2 Å². The van der Waals surface area contributed by atoms with Gasteiger partial charge in [-0.3, -0.25) is 4.79 Å². The number of amides is 1. The van der Waals surface area contributed by atoms with Crippen LogP contribution in [0.5, 0.6) is 0 Å². The Balaban J connectivity index is 0. The Bertz CT molecular complexity index is 269. The summed E-state index contributed by atoms with van der Waals surface area (Å²) in [5.74, 6) is -0.755. The summed E-state index contributed by atoms with van der Waals surface area (Å²) in [4.78, 5) is 11.0. The van der Waals surface area contributed by atoms with Crippen LogP contribution in [-0.2, 0) is 14.6 Å². The van der Waals surface area contributed by atoms with Crippen molar-refractivity contribution in [2.45, 2.75) is 31.4 Å². The van der Waals surface area contributed by atoms with Crippen LogP contribution in [0, 0.1) is 0 Å². The molecule has 80 valence electrons. The molecule has 0 aliphatic rings. The average molecular weight is 230 g/mol. The molecular weight excluding hydrogens is 214 g/mol. The summed E-state index contributed by atoms with van der Waals surface area (Å²) in [5, 5.41) is 0. The lowest BCUT2D eigenvalue weighted by Crippen LogP contribution is -2.49. The van der Waals surface area contributed by atoms with Crippen molar-refractivity contribution in [1.82, 2.24) is 0 Å². The fourth-order valence-corrected chi connectivity index (χ4v) is 2.72. The molecule has 0 aromatic rings. The molecule has 0 rings (SSSR count). The summed E-state index contributed by atoms with van der Waals surface area (Å²) >= 11 is 0. The van der Waals surface area contributed by atoms with E-state index in [9.17, 15) is 13.2 Å². The van der Waals surface area contributed by atoms with Gasteiger partial charge in [-0.2, -0.15) is 0 Å². The molecule has 0 saturated heterocycles. The quantitative estimate of drug-likeness (QED) is 0.763. The summed E-state index contributed by atoms with van der Waals surface area (Å²) < 4.78 is 21.1. The minimum absolute atomic E-state index is 0. The second kappa shape index (κ2) is 4.81. The number of carbonyl (C=O) groups is 1. The van der Waals surface area contributed by atoms with Crippen LogP contribution >= 0.6 is 12.4 Å². The fraction of sp³-hybridized carbons (Fsp3) is 0.857. The molecule has 0 spiro atoms. The van der Waals surface area contributed by atoms with Gasteiger partial charge < -0.3 is 5.73 Å². The first-order valence-corrected chi connectivity index (χ1v) is 5.70. The molecule has 0 radical (unpaired) electrons. The van der Waals surface area contributed by atoms with E-state index < -0.39 is 20.5 Å². The Morgan fingerprint density at radius 2 is 1.62 bits per heavy atom. The lowest BCUT2D eigenvalue weighted by atomic mass is 10.0. The van der Waals surface area contributed by atoms with Gasteiger partial charge in [0.2, 0.25) is 5.91 Å². The molecular formula is C7H16ClNO3S. The van der Waals surface area contributed by atoms with E-state index in [1.165, 1.54) is 0 Å². The Labute approximate surface area is 85.2 Å². The van der Waals surface area contributed by atoms with Gasteiger partial charge in [-0.05, 0) is 12.8 Å². The Morgan fingerprint density at radius 1 is 1.31 bits per heavy atom. The number of nitrogens with two attached hydrogens (primary N) is 1. The van der Waals surface area contributed by atoms with Crippen molar-refractivity contribution in [3.8, 4) is 0 Å². The first kappa shape index (κ1) is 15.2. The Hall–Kier alpha value is -0.290. The van der Waals surface area contributed by atoms with Crippen LogP contribution in [-0.4, -0.2) is 25.3 Å². The SMILES string of the molecule is CCC(CC)(C(N)=O)S(C)(=O)=O.Cl. The molecule has 0 aliphatic carbocycles. The number of hydrogen-bond acceptors (Lipinski definition) is 3. The number of hydrogen-bond donors (Lipinski definition) is 1. The largest absolute Gasteiger partial charge is 0.368 e. The summed E-state index contributed by atoms with van der Waals surface area (Å²) in [7, 11) is -3.40. The smallest absolute Gasteiger partial charge is 0.238 e. The molecule has 0 aromatic carbocycles. The summed E-state index contributed by atoms with van der Waals surface area (Å²) in [5.41, 5.74) is 5.06. The van der Waals surface area contributed by atoms with Crippen LogP contribution in [0.2, 0.25) is 0 Å². The maximum Gasteiger partial charge on any atom is 0.238 e. The van der Waals surface area contributed by atoms with E-state index >= 15 is 0 Å². The molecule has 4 nitrogen and oxygen atoms in total. The lowest BCUT2D eigenvalue weighted by Gasteiger charge is -2.25. The van der Waals surface area contributed by atoms with Crippen LogP contribution < -0.4 is 5.73 Å². The molecule has 0 saturated carbocycles. The second-order valence-corrected chi connectivity index (χ2v) is 5.16. The van der Waals surface area contributed by atoms with Crippen molar-refractivity contribution in [1.29, 1.82) is 0 Å². The number of sulfone groups is 1. The van der Waals surface area contributed by atoms with Crippen molar-refractivity contribution in [2.24, 2.45) is 5.73 Å². The fourth-order valence-electron chi connectivity index (χ4n) is 1.31. The van der Waals surface area contributed by atoms with Gasteiger partial charge in [0, 0.05) is 6.26 Å². The average Bonchev–Trinajstić information content (AvgIpc) is 1.87. The van der Waals surface area contributed by atoms with E-state index in [4.69, 9.17) is 5.73 Å². The van der Waals surface area contributed by atoms with Gasteiger partial charge in [-0.1, -0.05) is 13.8 Å². The van der Waals surface area contributed by atoms with Gasteiger partial charge in [0.15, 0.2) is 9.84 Å². The molecule has 2 N–H and O–H groups in total. The molecule has 0 unspecified atom stereocenters. The summed E-state index contributed by atoms with van der Waals surface area (Å²) in [6, 6.07) is 0. The standard InChI is InChI=1S/C7H15NO3S.ClH/c1-4-7(5-2,6(8)9)12(3,10)11;/h4-5H2,1-3H3,(H2,8,9);1H. The van der Waals surface area contributed by atoms with Crippen molar-refractivity contribution in [3.05, 3.63) is 0 Å². The lowest BCUT2D eigenvalue weighted by molar-refractivity contribution is -0.120. The third-order valence-corrected chi connectivity index (χ3v) is 4.50. The first-order valence-electron chi connectivity index (χ1n) is 3.81. The zero-order valence-electron chi connectivity index (χ0n) is 8.03. The number of halogens is 1. The normalized spacial score (nSPS) is 11.9. The highest BCUT2D eigenvalue weighted by molar-refractivity contribution is 7.92. The van der Waals surface area contributed by atoms with Crippen molar-refractivity contribution in [2.75, 3.05) is 6.26 Å². The molecule has 0 atom stereocenters. The van der Waals surface area contributed by atoms with Crippen LogP contribution in [0.3, 0.4) is 0 Å². The molecule has 13 heavy (non-hydrogen) atoms. The predicted octanol–water partition coefficient (Wildman–Crippen LogP) is 0.497. The minimum atomic E-state index is -3.40. The van der Waals surface area contributed by atoms with Gasteiger partial charge in [0.25, 0.3) is 0 Å². The van der Waals surface area contributed by atoms with E-state index in [1.54, 1.807) is 13.8 Å². The minimum Gasteiger partial charge on any atom is -0.368 e. The highest BCUT2D eigenvalue weighted by Gasteiger charge is 2.43. The molecule has 1 amide bonds. The van der Waals surface area contributed by atoms with E-state index in [0.29, 0.717) is 0 Å². The molecule has 0 bridgehead atoms. The third-order valence-electron chi connectivity index (χ3n) is 2.30. The van der Waals surface area contributed by atoms with Crippen molar-refractivity contribution in [3.63, 3.8) is 0 Å². The zero-order chi connectivity index (χ0) is 9.99. The number of primary amides is 1. The molecule has 0 heterocycles. The first-order chi connectivity index (χ1) is 5.31. The summed E-state index contributed by atoms with van der Waals surface area (Å²) in [6.45, 7) is 3.30. The van der Waals surface area contributed by atoms with E-state index in [1.807, 2.05) is 0 Å². The van der Waals surface area contributed by atoms with E-state index in [-0.39, 0.29) is 25.2 Å². The van der Waals surface area contributed by atoms with Gasteiger partial charge in [0.05, 0.1) is 0 Å². The Morgan fingerprint density at radius 3 is 1.62 bits per heavy atom. The molecule has 0 aromatic heterocycles. The predicted molar refractivity (Wildman–Crippen MR) is 54.6 cm³/mol. The van der Waals surface area contributed by atoms with Gasteiger partial charge in [-0.15, -0.1) is 12.4 Å². The highest BCUT2D eigenvalue weighted by atomic mass is 35.5. The second-order valence-electron chi connectivity index (χ2n) is 2.84. The summed E-state index contributed by atoms with van der Waals surface area (Å²) in [6.07, 6.45) is 1.51. The van der Waals surface area contributed by atoms with Gasteiger partial charge in [-0.25, -0.2) is 8.42 Å². The van der Waals surface area contributed by atoms with Crippen LogP contribution in [0.25, 0.3) is 0 Å². The zero-order valence-corrected chi connectivity index (χ0v) is 9.67. The topological polar surface area (TPSA) is 77.2 Å². The van der Waals surface area contributed by atoms with Crippen LogP contribution in [0.1, 0.15) is 26.7 Å². The van der Waals surface area contributed by atoms with Crippen LogP contribution in [0.15, 0.2) is 0 Å². The maximum absolute atomic E-state index is 11.3. The maximum atomic E-state index is 11.3. The monoisotopic (exact) mass is 229 g/mol. The third kappa shape index (κ3) is 2.57. The number of rotatable bonds is 4.